The number of unbranched alkanes of at least 4 members (excludes halogenated alkanes) is 25. The molecule has 0 aromatic carbocycles. The van der Waals surface area contributed by atoms with Gasteiger partial charge in [-0.15, -0.1) is 0 Å². The summed E-state index contributed by atoms with van der Waals surface area (Å²) in [7, 11) is 0. The molecular formula is C84H148N4O39. The van der Waals surface area contributed by atoms with Gasteiger partial charge in [-0.1, -0.05) is 180 Å². The zero-order valence-electron chi connectivity index (χ0n) is 73.5. The number of carbonyl (C=O) groups is 6. The quantitative estimate of drug-likeness (QED) is 0.0205. The van der Waals surface area contributed by atoms with Gasteiger partial charge in [-0.05, 0) is 19.3 Å². The van der Waals surface area contributed by atoms with Crippen molar-refractivity contribution in [3.05, 3.63) is 12.2 Å². The summed E-state index contributed by atoms with van der Waals surface area (Å²) in [6.07, 6.45) is -32.2. The van der Waals surface area contributed by atoms with Crippen LogP contribution in [0, 0.1) is 0 Å². The standard InChI is InChI=1S/C84H148N4O39/c1-6-8-10-12-14-16-18-20-21-23-25-27-29-31-33-35-58(103)88-48(49(98)34-32-30-28-26-24-22-19-17-15-13-11-9-7-2)44-116-78-67(109)66(108)70(56(42-93)119-78)121-80-69(111)76(127-84(82(114)115)37-51(100)60(86-46(4)96)74(125-84)63(105)53(102)39-90)71(57(43-94)120-80)122-77-61(87-47(5)97)72(64(106)54(40-91)117-77)123-79-68(110)75(65(107)55(41-92)118-79)126-83(81(112)113)36-50(99)59(85-45(3)95)73(124-83)62(104)52(101)38-89/h32,34,48-57,59-80,89-94,98-102,104-111H,6-31,33,35-44H2,1-5H3,(H,85,95)(H,86,96)(H,87,97)(H,88,103)(H,112,113)(H,114,115)/b34-32+/t48-,49+,50-,51+,52+,53-,54+,55+,56+,57+,59+,60-,61+,62+,63-,64-,65-,66+,67+,68+,69+,70+,71-,72+,73+,74-,75-,76+,77-,78+,79-,80-,83-,84+/m0/s1. The number of hydrogen-bond acceptors (Lipinski definition) is 37. The van der Waals surface area contributed by atoms with Gasteiger partial charge in [0.25, 0.3) is 11.6 Å². The fourth-order valence-corrected chi connectivity index (χ4v) is 16.9. The fraction of sp³-hybridized carbons (Fsp3) is 0.905. The lowest BCUT2D eigenvalue weighted by atomic mass is 9.88. The van der Waals surface area contributed by atoms with Crippen molar-refractivity contribution in [3.63, 3.8) is 0 Å². The van der Waals surface area contributed by atoms with Gasteiger partial charge in [-0.3, -0.25) is 19.2 Å². The first-order chi connectivity index (χ1) is 60.6. The van der Waals surface area contributed by atoms with Crippen LogP contribution in [0.3, 0.4) is 0 Å². The Balaban J connectivity index is 1.30. The Labute approximate surface area is 740 Å². The van der Waals surface area contributed by atoms with Crippen molar-refractivity contribution in [2.45, 2.75) is 435 Å². The normalized spacial score (nSPS) is 35.1. The molecule has 738 valence electrons. The Bertz CT molecular complexity index is 3200. The molecule has 0 spiro atoms. The number of allylic oxidation sites excluding steroid dienone is 1. The number of amides is 4. The van der Waals surface area contributed by atoms with Gasteiger partial charge in [0.05, 0.1) is 82.7 Å². The highest BCUT2D eigenvalue weighted by atomic mass is 16.8. The summed E-state index contributed by atoms with van der Waals surface area (Å²) in [5, 5.41) is 247. The average Bonchev–Trinajstić information content (AvgIpc) is 0.749. The number of carboxylic acids is 2. The zero-order valence-corrected chi connectivity index (χ0v) is 73.5. The lowest BCUT2D eigenvalue weighted by Gasteiger charge is -2.53. The van der Waals surface area contributed by atoms with Gasteiger partial charge in [0.2, 0.25) is 23.6 Å². The maximum atomic E-state index is 14.0. The van der Waals surface area contributed by atoms with E-state index in [0.29, 0.717) is 12.8 Å². The summed E-state index contributed by atoms with van der Waals surface area (Å²) in [6, 6.07) is -6.94. The number of aliphatic hydroxyl groups is 19. The van der Waals surface area contributed by atoms with Crippen molar-refractivity contribution in [3.8, 4) is 0 Å². The number of hydrogen-bond donors (Lipinski definition) is 25. The summed E-state index contributed by atoms with van der Waals surface area (Å²) in [6.45, 7) is -0.838. The maximum Gasteiger partial charge on any atom is 0.364 e. The second-order valence-corrected chi connectivity index (χ2v) is 34.2. The second kappa shape index (κ2) is 56.5. The predicted molar refractivity (Wildman–Crippen MR) is 440 cm³/mol. The molecule has 25 N–H and O–H groups in total. The van der Waals surface area contributed by atoms with Gasteiger partial charge < -0.3 is 185 Å². The van der Waals surface area contributed by atoms with Crippen LogP contribution in [0.15, 0.2) is 12.2 Å². The molecule has 43 nitrogen and oxygen atoms in total. The SMILES string of the molecule is CCCCCCCCCCCCC/C=C/[C@@H](O)[C@H](CO[C@@H]1O[C@H](CO)[C@@H](O[C@@H]2O[C@H](CO)[C@H](O[C@@H]3O[C@H](CO)[C@H](O)[C@H](O[C@@H]4O[C@H](CO)[C@H](O)[C@H](O[C@]5(C(=O)O)C[C@H](O)[C@@H](NC(C)=O)[C@H]([C@H](O)[C@H](O)CO)O5)[C@H]4O)[C@H]3NC(C)=O)[C@H](O[C@@]3(C(=O)O)C[C@@H](O)[C@H](NC(C)=O)[C@@H]([C@@H](O)[C@@H](O)CO)O3)[C@H]2O)[C@H](O)[C@H]1O)NC(=O)CCCCCCCCCCCCCCCCC. The molecular weight excluding hydrogens is 1690 g/mol. The largest absolute Gasteiger partial charge is 0.477 e. The maximum absolute atomic E-state index is 14.0. The van der Waals surface area contributed by atoms with E-state index in [1.54, 1.807) is 6.08 Å². The first-order valence-corrected chi connectivity index (χ1v) is 45.2. The van der Waals surface area contributed by atoms with Crippen molar-refractivity contribution in [1.29, 1.82) is 0 Å². The van der Waals surface area contributed by atoms with E-state index in [1.165, 1.54) is 102 Å². The number of carboxylic acid groups (broad SMARTS) is 2. The van der Waals surface area contributed by atoms with Crippen molar-refractivity contribution < 1.29 is 193 Å². The molecule has 0 bridgehead atoms. The number of carbonyl (C=O) groups excluding carboxylic acids is 4. The molecule has 0 aliphatic carbocycles. The molecule has 0 aromatic rings. The number of aliphatic hydroxyl groups excluding tert-OH is 19. The second-order valence-electron chi connectivity index (χ2n) is 34.2. The molecule has 6 aliphatic rings. The molecule has 6 fully saturated rings. The Hall–Kier alpha value is -4.68. The summed E-state index contributed by atoms with van der Waals surface area (Å²) in [4.78, 5) is 79.6. The first kappa shape index (κ1) is 111. The lowest BCUT2D eigenvalue weighted by Crippen LogP contribution is -2.72. The van der Waals surface area contributed by atoms with Crippen LogP contribution in [0.4, 0.5) is 0 Å². The number of nitrogens with one attached hydrogen (secondary N) is 4. The molecule has 6 heterocycles. The van der Waals surface area contributed by atoms with E-state index < -0.39 is 302 Å². The predicted octanol–water partition coefficient (Wildman–Crippen LogP) is -3.87. The van der Waals surface area contributed by atoms with Crippen LogP contribution in [0.5, 0.6) is 0 Å². The number of ether oxygens (including phenoxy) is 12. The monoisotopic (exact) mass is 1840 g/mol. The molecule has 34 atom stereocenters. The highest BCUT2D eigenvalue weighted by Gasteiger charge is 2.64. The van der Waals surface area contributed by atoms with E-state index in [4.69, 9.17) is 56.8 Å². The minimum atomic E-state index is -3.50. The fourth-order valence-electron chi connectivity index (χ4n) is 16.9. The molecule has 6 saturated heterocycles. The molecule has 0 radical (unpaired) electrons. The zero-order chi connectivity index (χ0) is 93.8. The third-order valence-electron chi connectivity index (χ3n) is 24.1. The Morgan fingerprint density at radius 1 is 0.409 bits per heavy atom. The molecule has 6 aliphatic heterocycles. The first-order valence-electron chi connectivity index (χ1n) is 45.2. The topological polar surface area (TPSA) is 686 Å². The number of aliphatic carboxylic acids is 2. The molecule has 127 heavy (non-hydrogen) atoms. The summed E-state index contributed by atoms with van der Waals surface area (Å²) < 4.78 is 72.4. The van der Waals surface area contributed by atoms with Gasteiger partial charge >= 0.3 is 11.9 Å². The molecule has 43 heteroatoms. The molecule has 0 aromatic heterocycles. The van der Waals surface area contributed by atoms with Gasteiger partial charge in [0.1, 0.15) is 134 Å². The van der Waals surface area contributed by atoms with Gasteiger partial charge in [-0.2, -0.15) is 0 Å². The number of rotatable bonds is 59. The van der Waals surface area contributed by atoms with Crippen LogP contribution >= 0.6 is 0 Å². The van der Waals surface area contributed by atoms with E-state index in [-0.39, 0.29) is 6.42 Å². The van der Waals surface area contributed by atoms with E-state index in [9.17, 15) is 136 Å². The summed E-state index contributed by atoms with van der Waals surface area (Å²) in [5.74, 6) is -14.5. The minimum Gasteiger partial charge on any atom is -0.477 e. The van der Waals surface area contributed by atoms with Crippen molar-refractivity contribution in [2.24, 2.45) is 0 Å². The van der Waals surface area contributed by atoms with Crippen molar-refractivity contribution in [1.82, 2.24) is 21.3 Å². The lowest BCUT2D eigenvalue weighted by molar-refractivity contribution is -0.405. The van der Waals surface area contributed by atoms with Crippen LogP contribution in [0.1, 0.15) is 227 Å². The van der Waals surface area contributed by atoms with E-state index in [2.05, 4.69) is 35.1 Å². The highest BCUT2D eigenvalue weighted by Crippen LogP contribution is 2.43. The van der Waals surface area contributed by atoms with Crippen LogP contribution in [-0.2, 0) is 85.6 Å². The highest BCUT2D eigenvalue weighted by molar-refractivity contribution is 5.78. The van der Waals surface area contributed by atoms with E-state index in [0.717, 1.165) is 85.0 Å². The third-order valence-corrected chi connectivity index (χ3v) is 24.1. The summed E-state index contributed by atoms with van der Waals surface area (Å²) in [5.41, 5.74) is 0. The molecule has 0 unspecified atom stereocenters. The Kier molecular flexibility index (Phi) is 49.4. The Morgan fingerprint density at radius 3 is 1.20 bits per heavy atom. The molecule has 0 saturated carbocycles. The summed E-state index contributed by atoms with van der Waals surface area (Å²) >= 11 is 0. The minimum absolute atomic E-state index is 0.0952. The smallest absolute Gasteiger partial charge is 0.364 e. The Morgan fingerprint density at radius 2 is 0.772 bits per heavy atom. The molecule has 4 amide bonds. The van der Waals surface area contributed by atoms with Crippen LogP contribution in [0.25, 0.3) is 0 Å². The van der Waals surface area contributed by atoms with Crippen molar-refractivity contribution >= 4 is 35.6 Å². The van der Waals surface area contributed by atoms with Gasteiger partial charge in [0.15, 0.2) is 25.2 Å². The van der Waals surface area contributed by atoms with Crippen molar-refractivity contribution in [2.75, 3.05) is 46.2 Å². The van der Waals surface area contributed by atoms with E-state index >= 15 is 0 Å². The van der Waals surface area contributed by atoms with Gasteiger partial charge in [0, 0.05) is 40.0 Å². The van der Waals surface area contributed by atoms with E-state index in [1.807, 2.05) is 0 Å². The van der Waals surface area contributed by atoms with Crippen LogP contribution in [-0.4, -0.2) is 396 Å². The van der Waals surface area contributed by atoms with Crippen LogP contribution < -0.4 is 21.3 Å². The average molecular weight is 1840 g/mol. The third kappa shape index (κ3) is 32.6. The van der Waals surface area contributed by atoms with Crippen LogP contribution in [0.2, 0.25) is 0 Å². The molecule has 6 rings (SSSR count). The van der Waals surface area contributed by atoms with Gasteiger partial charge in [-0.25, -0.2) is 9.59 Å².